The van der Waals surface area contributed by atoms with Crippen molar-refractivity contribution in [2.24, 2.45) is 0 Å². The first-order valence-electron chi connectivity index (χ1n) is 6.67. The normalized spacial score (nSPS) is 11.0. The van der Waals surface area contributed by atoms with Gasteiger partial charge >= 0.3 is 5.63 Å². The van der Waals surface area contributed by atoms with E-state index in [1.165, 1.54) is 17.7 Å². The predicted octanol–water partition coefficient (Wildman–Crippen LogP) is 4.75. The Morgan fingerprint density at radius 2 is 1.91 bits per heavy atom. The van der Waals surface area contributed by atoms with Gasteiger partial charge in [-0.25, -0.2) is 4.79 Å². The third-order valence-corrected chi connectivity index (χ3v) is 4.68. The van der Waals surface area contributed by atoms with Crippen LogP contribution in [0.1, 0.15) is 11.1 Å². The molecular formula is C17H13ClO3S. The molecule has 0 bridgehead atoms. The summed E-state index contributed by atoms with van der Waals surface area (Å²) in [6.07, 6.45) is 0. The number of thioether (sulfide) groups is 1. The summed E-state index contributed by atoms with van der Waals surface area (Å²) < 4.78 is 5.12. The molecule has 0 aliphatic rings. The van der Waals surface area contributed by atoms with Crippen LogP contribution in [0.3, 0.4) is 0 Å². The Balaban J connectivity index is 1.97. The fourth-order valence-electron chi connectivity index (χ4n) is 2.15. The zero-order valence-electron chi connectivity index (χ0n) is 11.8. The molecule has 0 aliphatic heterocycles. The van der Waals surface area contributed by atoms with Crippen LogP contribution < -0.4 is 5.63 Å². The Bertz CT molecular complexity index is 885. The average molecular weight is 333 g/mol. The molecule has 3 rings (SSSR count). The molecule has 0 unspecified atom stereocenters. The highest BCUT2D eigenvalue weighted by atomic mass is 35.5. The number of phenols is 1. The summed E-state index contributed by atoms with van der Waals surface area (Å²) in [6, 6.07) is 12.7. The lowest BCUT2D eigenvalue weighted by Gasteiger charge is -2.07. The van der Waals surface area contributed by atoms with Crippen molar-refractivity contribution < 1.29 is 9.52 Å². The highest BCUT2D eigenvalue weighted by Crippen LogP contribution is 2.32. The van der Waals surface area contributed by atoms with Gasteiger partial charge in [-0.3, -0.25) is 0 Å². The first kappa shape index (κ1) is 15.0. The van der Waals surface area contributed by atoms with E-state index in [-0.39, 0.29) is 10.8 Å². The fourth-order valence-corrected chi connectivity index (χ4v) is 3.20. The molecule has 1 heterocycles. The van der Waals surface area contributed by atoms with E-state index in [4.69, 9.17) is 16.0 Å². The van der Waals surface area contributed by atoms with Crippen LogP contribution in [0.25, 0.3) is 11.0 Å². The monoisotopic (exact) mass is 332 g/mol. The molecule has 0 aliphatic carbocycles. The number of aromatic hydroxyl groups is 1. The van der Waals surface area contributed by atoms with E-state index in [0.29, 0.717) is 11.3 Å². The second kappa shape index (κ2) is 6.07. The average Bonchev–Trinajstić information content (AvgIpc) is 2.48. The van der Waals surface area contributed by atoms with E-state index in [2.05, 4.69) is 12.1 Å². The molecule has 1 aromatic heterocycles. The van der Waals surface area contributed by atoms with Crippen LogP contribution in [-0.2, 0) is 5.75 Å². The number of halogens is 1. The van der Waals surface area contributed by atoms with Crippen molar-refractivity contribution >= 4 is 34.3 Å². The Kier molecular flexibility index (Phi) is 4.14. The lowest BCUT2D eigenvalue weighted by Crippen LogP contribution is -1.99. The zero-order chi connectivity index (χ0) is 15.7. The first-order chi connectivity index (χ1) is 10.5. The Morgan fingerprint density at radius 1 is 1.18 bits per heavy atom. The summed E-state index contributed by atoms with van der Waals surface area (Å²) in [4.78, 5) is 12.8. The number of fused-ring (bicyclic) bond motifs is 1. The van der Waals surface area contributed by atoms with Crippen molar-refractivity contribution in [1.29, 1.82) is 0 Å². The summed E-state index contributed by atoms with van der Waals surface area (Å²) in [7, 11) is 0. The number of aryl methyl sites for hydroxylation is 1. The lowest BCUT2D eigenvalue weighted by atomic mass is 10.1. The SMILES string of the molecule is Cc1ccc(SCc2cc(=O)oc3cc(O)c(Cl)cc23)cc1. The van der Waals surface area contributed by atoms with Crippen LogP contribution in [0.5, 0.6) is 5.75 Å². The first-order valence-corrected chi connectivity index (χ1v) is 8.04. The van der Waals surface area contributed by atoms with Crippen molar-refractivity contribution in [2.75, 3.05) is 0 Å². The minimum Gasteiger partial charge on any atom is -0.506 e. The fraction of sp³-hybridized carbons (Fsp3) is 0.118. The molecule has 0 radical (unpaired) electrons. The van der Waals surface area contributed by atoms with Gasteiger partial charge in [0, 0.05) is 28.2 Å². The van der Waals surface area contributed by atoms with Gasteiger partial charge in [0.25, 0.3) is 0 Å². The van der Waals surface area contributed by atoms with E-state index < -0.39 is 5.63 Å². The molecule has 112 valence electrons. The van der Waals surface area contributed by atoms with E-state index >= 15 is 0 Å². The highest BCUT2D eigenvalue weighted by molar-refractivity contribution is 7.98. The van der Waals surface area contributed by atoms with Gasteiger partial charge in [0.15, 0.2) is 0 Å². The Hall–Kier alpha value is -1.91. The number of hydrogen-bond acceptors (Lipinski definition) is 4. The second-order valence-corrected chi connectivity index (χ2v) is 6.45. The maximum Gasteiger partial charge on any atom is 0.336 e. The van der Waals surface area contributed by atoms with E-state index in [1.54, 1.807) is 17.8 Å². The topological polar surface area (TPSA) is 50.4 Å². The summed E-state index contributed by atoms with van der Waals surface area (Å²) >= 11 is 7.59. The molecule has 3 aromatic rings. The Labute approximate surface area is 136 Å². The molecule has 0 saturated heterocycles. The molecule has 3 nitrogen and oxygen atoms in total. The maximum absolute atomic E-state index is 11.7. The molecule has 0 fully saturated rings. The van der Waals surface area contributed by atoms with Crippen LogP contribution in [0.4, 0.5) is 0 Å². The third kappa shape index (κ3) is 3.13. The summed E-state index contributed by atoms with van der Waals surface area (Å²) in [5.74, 6) is 0.521. The van der Waals surface area contributed by atoms with Crippen molar-refractivity contribution in [2.45, 2.75) is 17.6 Å². The van der Waals surface area contributed by atoms with Crippen LogP contribution >= 0.6 is 23.4 Å². The van der Waals surface area contributed by atoms with Gasteiger partial charge in [-0.05, 0) is 30.7 Å². The molecule has 0 amide bonds. The van der Waals surface area contributed by atoms with Crippen molar-refractivity contribution in [1.82, 2.24) is 0 Å². The smallest absolute Gasteiger partial charge is 0.336 e. The van der Waals surface area contributed by atoms with E-state index in [0.717, 1.165) is 15.8 Å². The van der Waals surface area contributed by atoms with E-state index in [9.17, 15) is 9.90 Å². The van der Waals surface area contributed by atoms with Crippen LogP contribution in [0, 0.1) is 6.92 Å². The summed E-state index contributed by atoms with van der Waals surface area (Å²) in [5, 5.41) is 10.6. The van der Waals surface area contributed by atoms with Crippen LogP contribution in [0.2, 0.25) is 5.02 Å². The number of benzene rings is 2. The number of hydrogen-bond donors (Lipinski definition) is 1. The summed E-state index contributed by atoms with van der Waals surface area (Å²) in [5.41, 5.74) is 1.94. The van der Waals surface area contributed by atoms with Crippen molar-refractivity contribution in [3.63, 3.8) is 0 Å². The minimum atomic E-state index is -0.436. The lowest BCUT2D eigenvalue weighted by molar-refractivity contribution is 0.473. The third-order valence-electron chi connectivity index (χ3n) is 3.31. The van der Waals surface area contributed by atoms with Crippen LogP contribution in [0.15, 0.2) is 56.6 Å². The quantitative estimate of drug-likeness (QED) is 0.555. The molecule has 22 heavy (non-hydrogen) atoms. The molecule has 2 aromatic carbocycles. The minimum absolute atomic E-state index is 0.0966. The van der Waals surface area contributed by atoms with Gasteiger partial charge in [-0.15, -0.1) is 11.8 Å². The molecule has 0 spiro atoms. The van der Waals surface area contributed by atoms with Gasteiger partial charge in [-0.1, -0.05) is 29.3 Å². The standard InChI is InChI=1S/C17H13ClO3S/c1-10-2-4-12(5-3-10)22-9-11-6-17(20)21-16-8-15(19)14(18)7-13(11)16/h2-8,19H,9H2,1H3. The van der Waals surface area contributed by atoms with Gasteiger partial charge < -0.3 is 9.52 Å². The number of rotatable bonds is 3. The maximum atomic E-state index is 11.7. The molecule has 0 saturated carbocycles. The number of phenolic OH excluding ortho intramolecular Hbond substituents is 1. The van der Waals surface area contributed by atoms with E-state index in [1.807, 2.05) is 19.1 Å². The molecular weight excluding hydrogens is 320 g/mol. The second-order valence-electron chi connectivity index (χ2n) is 4.99. The van der Waals surface area contributed by atoms with Gasteiger partial charge in [0.05, 0.1) is 5.02 Å². The van der Waals surface area contributed by atoms with Crippen molar-refractivity contribution in [3.05, 3.63) is 69.0 Å². The van der Waals surface area contributed by atoms with Gasteiger partial charge in [-0.2, -0.15) is 0 Å². The summed E-state index contributed by atoms with van der Waals surface area (Å²) in [6.45, 7) is 2.04. The Morgan fingerprint density at radius 3 is 2.64 bits per heavy atom. The largest absolute Gasteiger partial charge is 0.506 e. The van der Waals surface area contributed by atoms with Crippen molar-refractivity contribution in [3.8, 4) is 5.75 Å². The zero-order valence-corrected chi connectivity index (χ0v) is 13.4. The highest BCUT2D eigenvalue weighted by Gasteiger charge is 2.10. The predicted molar refractivity (Wildman–Crippen MR) is 89.9 cm³/mol. The molecule has 1 N–H and O–H groups in total. The molecule has 5 heteroatoms. The van der Waals surface area contributed by atoms with Gasteiger partial charge in [0.1, 0.15) is 11.3 Å². The molecule has 0 atom stereocenters. The van der Waals surface area contributed by atoms with Gasteiger partial charge in [0.2, 0.25) is 0 Å². The van der Waals surface area contributed by atoms with Crippen LogP contribution in [-0.4, -0.2) is 5.11 Å².